The fourth-order valence-corrected chi connectivity index (χ4v) is 3.08. The highest BCUT2D eigenvalue weighted by atomic mass is 32.2. The molecule has 0 saturated carbocycles. The molecule has 0 spiro atoms. The van der Waals surface area contributed by atoms with Crippen LogP contribution in [0.3, 0.4) is 0 Å². The van der Waals surface area contributed by atoms with E-state index in [0.29, 0.717) is 22.3 Å². The number of carbonyl (C=O) groups is 1. The largest absolute Gasteiger partial charge is 0.395 e. The summed E-state index contributed by atoms with van der Waals surface area (Å²) >= 11 is 0.476. The third-order valence-electron chi connectivity index (χ3n) is 3.67. The van der Waals surface area contributed by atoms with E-state index in [-0.39, 0.29) is 25.1 Å². The first-order chi connectivity index (χ1) is 10.6. The van der Waals surface area contributed by atoms with Crippen molar-refractivity contribution in [1.82, 2.24) is 4.90 Å². The molecule has 122 valence electrons. The molecule has 1 aromatic carbocycles. The minimum absolute atomic E-state index is 0.0457. The van der Waals surface area contributed by atoms with Gasteiger partial charge in [-0.1, -0.05) is 18.2 Å². The second-order valence-electron chi connectivity index (χ2n) is 5.25. The molecule has 1 amide bonds. The lowest BCUT2D eigenvalue weighted by atomic mass is 10.0. The molecule has 1 atom stereocenters. The summed E-state index contributed by atoms with van der Waals surface area (Å²) in [7, 11) is 0. The topological polar surface area (TPSA) is 52.6 Å². The number of nitrogens with zero attached hydrogens (tertiary/aromatic N) is 1. The first-order valence-corrected chi connectivity index (χ1v) is 8.16. The van der Waals surface area contributed by atoms with Crippen molar-refractivity contribution >= 4 is 23.4 Å². The van der Waals surface area contributed by atoms with Crippen LogP contribution in [0.1, 0.15) is 19.3 Å². The molecule has 1 saturated heterocycles. The number of aliphatic hydroxyl groups excluding tert-OH is 1. The van der Waals surface area contributed by atoms with Gasteiger partial charge in [-0.2, -0.15) is 8.78 Å². The minimum atomic E-state index is -2.45. The number of aliphatic hydroxyl groups is 1. The zero-order chi connectivity index (χ0) is 15.9. The van der Waals surface area contributed by atoms with E-state index in [1.807, 2.05) is 4.90 Å². The van der Waals surface area contributed by atoms with E-state index < -0.39 is 5.76 Å². The first kappa shape index (κ1) is 17.2. The van der Waals surface area contributed by atoms with Crippen molar-refractivity contribution in [2.24, 2.45) is 0 Å². The number of likely N-dealkylation sites (tertiary alicyclic amines) is 1. The molecule has 2 N–H and O–H groups in total. The summed E-state index contributed by atoms with van der Waals surface area (Å²) in [5.41, 5.74) is 0.584. The molecule has 1 aromatic rings. The van der Waals surface area contributed by atoms with Gasteiger partial charge in [0.15, 0.2) is 0 Å². The Morgan fingerprint density at radius 2 is 2.09 bits per heavy atom. The number of hydrogen-bond acceptors (Lipinski definition) is 4. The third kappa shape index (κ3) is 5.23. The van der Waals surface area contributed by atoms with Crippen LogP contribution in [-0.4, -0.2) is 47.4 Å². The van der Waals surface area contributed by atoms with Crippen LogP contribution in [0.15, 0.2) is 29.2 Å². The van der Waals surface area contributed by atoms with Gasteiger partial charge in [0.25, 0.3) is 5.76 Å². The highest BCUT2D eigenvalue weighted by Crippen LogP contribution is 2.26. The standard InChI is InChI=1S/C15H20F2N2O2S/c16-15(17)22-13-6-4-11(5-7-13)18-14(21)9-19-8-2-1-3-12(19)10-20/h4-7,12,15,20H,1-3,8-10H2,(H,18,21). The highest BCUT2D eigenvalue weighted by molar-refractivity contribution is 7.99. The summed E-state index contributed by atoms with van der Waals surface area (Å²) in [6.45, 7) is 1.11. The van der Waals surface area contributed by atoms with E-state index in [0.717, 1.165) is 25.8 Å². The molecular formula is C15H20F2N2O2S. The maximum absolute atomic E-state index is 12.2. The van der Waals surface area contributed by atoms with Gasteiger partial charge in [0.05, 0.1) is 13.2 Å². The van der Waals surface area contributed by atoms with Crippen molar-refractivity contribution in [3.8, 4) is 0 Å². The Kier molecular flexibility index (Phi) is 6.60. The fraction of sp³-hybridized carbons (Fsp3) is 0.533. The third-order valence-corrected chi connectivity index (χ3v) is 4.39. The van der Waals surface area contributed by atoms with E-state index in [4.69, 9.17) is 0 Å². The Morgan fingerprint density at radius 3 is 2.73 bits per heavy atom. The summed E-state index contributed by atoms with van der Waals surface area (Å²) in [4.78, 5) is 14.5. The number of rotatable bonds is 6. The number of alkyl halides is 2. The lowest BCUT2D eigenvalue weighted by Crippen LogP contribution is -2.45. The predicted octanol–water partition coefficient (Wildman–Crippen LogP) is 2.79. The van der Waals surface area contributed by atoms with Crippen LogP contribution < -0.4 is 5.32 Å². The molecule has 0 radical (unpaired) electrons. The van der Waals surface area contributed by atoms with Gasteiger partial charge in [0, 0.05) is 16.6 Å². The van der Waals surface area contributed by atoms with Gasteiger partial charge in [-0.15, -0.1) is 0 Å². The molecule has 7 heteroatoms. The summed E-state index contributed by atoms with van der Waals surface area (Å²) < 4.78 is 24.5. The monoisotopic (exact) mass is 330 g/mol. The van der Waals surface area contributed by atoms with Crippen LogP contribution >= 0.6 is 11.8 Å². The molecule has 1 unspecified atom stereocenters. The molecule has 1 aliphatic rings. The van der Waals surface area contributed by atoms with Crippen molar-refractivity contribution in [3.63, 3.8) is 0 Å². The average molecular weight is 330 g/mol. The summed E-state index contributed by atoms with van der Waals surface area (Å²) in [6, 6.07) is 6.39. The average Bonchev–Trinajstić information content (AvgIpc) is 2.49. The first-order valence-electron chi connectivity index (χ1n) is 7.28. The Balaban J connectivity index is 1.86. The molecular weight excluding hydrogens is 310 g/mol. The van der Waals surface area contributed by atoms with E-state index >= 15 is 0 Å². The van der Waals surface area contributed by atoms with Gasteiger partial charge in [-0.05, 0) is 43.7 Å². The van der Waals surface area contributed by atoms with Crippen LogP contribution in [-0.2, 0) is 4.79 Å². The molecule has 1 heterocycles. The Labute approximate surface area is 132 Å². The lowest BCUT2D eigenvalue weighted by molar-refractivity contribution is -0.118. The van der Waals surface area contributed by atoms with Crippen molar-refractivity contribution in [1.29, 1.82) is 0 Å². The van der Waals surface area contributed by atoms with Crippen molar-refractivity contribution in [2.45, 2.75) is 36.0 Å². The normalized spacial score (nSPS) is 19.4. The maximum atomic E-state index is 12.2. The molecule has 0 aliphatic carbocycles. The van der Waals surface area contributed by atoms with Crippen LogP contribution in [0, 0.1) is 0 Å². The molecule has 22 heavy (non-hydrogen) atoms. The van der Waals surface area contributed by atoms with Crippen LogP contribution in [0.2, 0.25) is 0 Å². The van der Waals surface area contributed by atoms with Gasteiger partial charge in [-0.25, -0.2) is 0 Å². The SMILES string of the molecule is O=C(CN1CCCCC1CO)Nc1ccc(SC(F)F)cc1. The zero-order valence-electron chi connectivity index (χ0n) is 12.2. The zero-order valence-corrected chi connectivity index (χ0v) is 13.0. The Hall–Kier alpha value is -1.18. The second-order valence-corrected chi connectivity index (χ2v) is 6.32. The summed E-state index contributed by atoms with van der Waals surface area (Å²) in [6.07, 6.45) is 3.01. The molecule has 4 nitrogen and oxygen atoms in total. The van der Waals surface area contributed by atoms with E-state index in [2.05, 4.69) is 5.32 Å². The molecule has 1 fully saturated rings. The number of piperidine rings is 1. The molecule has 2 rings (SSSR count). The van der Waals surface area contributed by atoms with Crippen LogP contribution in [0.25, 0.3) is 0 Å². The fourth-order valence-electron chi connectivity index (χ4n) is 2.58. The number of carbonyl (C=O) groups excluding carboxylic acids is 1. The minimum Gasteiger partial charge on any atom is -0.395 e. The van der Waals surface area contributed by atoms with Gasteiger partial charge in [-0.3, -0.25) is 9.69 Å². The predicted molar refractivity (Wildman–Crippen MR) is 83.2 cm³/mol. The van der Waals surface area contributed by atoms with Crippen LogP contribution in [0.4, 0.5) is 14.5 Å². The van der Waals surface area contributed by atoms with Gasteiger partial charge in [0.2, 0.25) is 5.91 Å². The highest BCUT2D eigenvalue weighted by Gasteiger charge is 2.23. The van der Waals surface area contributed by atoms with Gasteiger partial charge in [0.1, 0.15) is 0 Å². The quantitative estimate of drug-likeness (QED) is 0.788. The number of anilines is 1. The number of halogens is 2. The van der Waals surface area contributed by atoms with E-state index in [9.17, 15) is 18.7 Å². The number of benzene rings is 1. The van der Waals surface area contributed by atoms with Gasteiger partial charge < -0.3 is 10.4 Å². The van der Waals surface area contributed by atoms with E-state index in [1.165, 1.54) is 0 Å². The summed E-state index contributed by atoms with van der Waals surface area (Å²) in [5, 5.41) is 12.1. The number of amides is 1. The number of nitrogens with one attached hydrogen (secondary N) is 1. The van der Waals surface area contributed by atoms with Crippen LogP contribution in [0.5, 0.6) is 0 Å². The Morgan fingerprint density at radius 1 is 1.36 bits per heavy atom. The lowest BCUT2D eigenvalue weighted by Gasteiger charge is -2.33. The number of hydrogen-bond donors (Lipinski definition) is 2. The molecule has 1 aliphatic heterocycles. The maximum Gasteiger partial charge on any atom is 0.288 e. The molecule has 0 bridgehead atoms. The molecule has 0 aromatic heterocycles. The van der Waals surface area contributed by atoms with Crippen molar-refractivity contribution in [3.05, 3.63) is 24.3 Å². The van der Waals surface area contributed by atoms with Gasteiger partial charge >= 0.3 is 0 Å². The summed E-state index contributed by atoms with van der Waals surface area (Å²) in [5.74, 6) is -2.61. The smallest absolute Gasteiger partial charge is 0.288 e. The number of thioether (sulfide) groups is 1. The van der Waals surface area contributed by atoms with Crippen molar-refractivity contribution in [2.75, 3.05) is 25.0 Å². The Bertz CT molecular complexity index is 485. The van der Waals surface area contributed by atoms with Crippen molar-refractivity contribution < 1.29 is 18.7 Å². The second kappa shape index (κ2) is 8.45. The van der Waals surface area contributed by atoms with E-state index in [1.54, 1.807) is 24.3 Å².